The van der Waals surface area contributed by atoms with Crippen LogP contribution in [0.25, 0.3) is 0 Å². The van der Waals surface area contributed by atoms with Gasteiger partial charge in [0.05, 0.1) is 4.22 Å². The van der Waals surface area contributed by atoms with Gasteiger partial charge in [-0.3, -0.25) is 0 Å². The maximum atomic E-state index is 4.64. The number of halogens is 1. The summed E-state index contributed by atoms with van der Waals surface area (Å²) < 4.78 is 1.33. The van der Waals surface area contributed by atoms with Gasteiger partial charge < -0.3 is 5.84 Å². The van der Waals surface area contributed by atoms with Crippen molar-refractivity contribution in [2.75, 3.05) is 0 Å². The summed E-state index contributed by atoms with van der Waals surface area (Å²) in [4.78, 5) is 0. The molecule has 0 aliphatic heterocycles. The summed E-state index contributed by atoms with van der Waals surface area (Å²) in [7, 11) is 0. The second kappa shape index (κ2) is 84.8. The molecule has 0 heterocycles. The van der Waals surface area contributed by atoms with E-state index >= 15 is 0 Å². The summed E-state index contributed by atoms with van der Waals surface area (Å²) >= 11 is 1.81. The molecule has 0 bridgehead atoms. The Morgan fingerprint density at radius 2 is 0.151 bits per heavy atom. The molecular weight excluding hydrogens is 1600 g/mol. The van der Waals surface area contributed by atoms with Gasteiger partial charge in [-0.2, -0.15) is 0 Å². The fourth-order valence-corrected chi connectivity index (χ4v) is 1.95. The van der Waals surface area contributed by atoms with Gasteiger partial charge in [0, 0.05) is 449 Å². The number of hydrogen-bond acceptors (Lipinski definition) is 2. The van der Waals surface area contributed by atoms with Crippen molar-refractivity contribution in [2.45, 2.75) is 0 Å². The van der Waals surface area contributed by atoms with Gasteiger partial charge >= 0.3 is 0 Å². The van der Waals surface area contributed by atoms with Crippen LogP contribution in [0.1, 0.15) is 0 Å². The summed E-state index contributed by atoms with van der Waals surface area (Å²) in [6, 6.07) is 0. The van der Waals surface area contributed by atoms with Gasteiger partial charge in [0.2, 0.25) is 0 Å². The number of hydrogen-bond donors (Lipinski definition) is 1. The molecule has 0 unspecified atom stereocenters. The third kappa shape index (κ3) is 83.8. The van der Waals surface area contributed by atoms with E-state index in [9.17, 15) is 0 Å². The predicted octanol–water partition coefficient (Wildman–Crippen LogP) is 19.1. The Kier molecular flexibility index (Phi) is 68.6. The minimum atomic E-state index is 1.33. The van der Waals surface area contributed by atoms with Gasteiger partial charge in [-0.15, -0.1) is 5.10 Å². The summed E-state index contributed by atoms with van der Waals surface area (Å²) in [5.41, 5.74) is 0. The smallest absolute Gasteiger partial charge is 0.0897 e. The van der Waals surface area contributed by atoms with Crippen molar-refractivity contribution in [3.8, 4) is 0 Å². The molecular formula is CH3IN104. The van der Waals surface area contributed by atoms with E-state index in [1.54, 1.807) is 0 Å². The van der Waals surface area contributed by atoms with Crippen molar-refractivity contribution in [3.63, 3.8) is 0 Å². The van der Waals surface area contributed by atoms with Gasteiger partial charge in [0.25, 0.3) is 0 Å². The van der Waals surface area contributed by atoms with Crippen LogP contribution in [0.15, 0.2) is 538 Å². The Balaban J connectivity index is 4.12. The van der Waals surface area contributed by atoms with Crippen LogP contribution in [-0.4, -0.2) is 4.22 Å². The van der Waals surface area contributed by atoms with Gasteiger partial charge in [-0.1, -0.05) is 5.22 Å². The maximum Gasteiger partial charge on any atom is 0.0897 e. The van der Waals surface area contributed by atoms with E-state index < -0.39 is 0 Å². The molecule has 0 aromatic carbocycles. The first kappa shape index (κ1) is 85.8. The van der Waals surface area contributed by atoms with E-state index in [-0.39, 0.29) is 0 Å². The Morgan fingerprint density at radius 1 is 0.0943 bits per heavy atom. The van der Waals surface area contributed by atoms with Crippen molar-refractivity contribution in [1.82, 2.24) is 0 Å². The van der Waals surface area contributed by atoms with Crippen LogP contribution in [0.2, 0.25) is 0 Å². The molecule has 106 heavy (non-hydrogen) atoms. The molecule has 0 radical (unpaired) electrons. The van der Waals surface area contributed by atoms with Crippen LogP contribution < -0.4 is 5.84 Å². The molecule has 534 valence electrons. The van der Waals surface area contributed by atoms with Crippen molar-refractivity contribution >= 4 is 26.8 Å². The van der Waals surface area contributed by atoms with Crippen LogP contribution in [-0.2, 0) is 0 Å². The third-order valence-electron chi connectivity index (χ3n) is 4.15. The van der Waals surface area contributed by atoms with Gasteiger partial charge in [-0.25, -0.2) is 0 Å². The first-order valence-electron chi connectivity index (χ1n) is 21.1. The van der Waals surface area contributed by atoms with Crippen molar-refractivity contribution in [2.24, 2.45) is 544 Å². The van der Waals surface area contributed by atoms with Crippen molar-refractivity contribution in [1.29, 1.82) is 0 Å². The van der Waals surface area contributed by atoms with E-state index in [1.165, 1.54) is 4.22 Å². The van der Waals surface area contributed by atoms with Crippen LogP contribution in [0.5, 0.6) is 0 Å². The van der Waals surface area contributed by atoms with Crippen molar-refractivity contribution in [3.05, 3.63) is 0 Å². The lowest BCUT2D eigenvalue weighted by Gasteiger charge is -1.71. The first-order valence-corrected chi connectivity index (χ1v) is 22.4. The zero-order chi connectivity index (χ0) is 75.5. The molecule has 0 fully saturated rings. The molecule has 2 N–H and O–H groups in total. The molecule has 0 aliphatic rings. The molecule has 0 aromatic rings. The molecule has 0 aliphatic carbocycles. The minimum Gasteiger partial charge on any atom is -0.303 e. The SMILES string of the molecule is NN=NN=NN=NN=NN=NN=NN=NN=NN=NN=NN=NN=NN=NN=NN=NN=NN=NN=NN=NN=NN=NN=NN=NN=NN=NN=NN=NN=NN=NN=NN=NN=NN=NN=NN=NN=NN=NN=NN=NN=NN=NN=NN=NN=NN=NN=NN=NN=NN=NN=NN=NN=CI. The van der Waals surface area contributed by atoms with Crippen LogP contribution in [0.3, 0.4) is 0 Å². The van der Waals surface area contributed by atoms with Crippen LogP contribution >= 0.6 is 22.6 Å². The Labute approximate surface area is 569 Å². The highest BCUT2D eigenvalue weighted by Crippen LogP contribution is 1.99. The fourth-order valence-electron chi connectivity index (χ4n) is 1.84. The van der Waals surface area contributed by atoms with Crippen LogP contribution in [0, 0.1) is 0 Å². The second-order valence-corrected chi connectivity index (χ2v) is 9.92. The molecule has 0 aromatic heterocycles. The van der Waals surface area contributed by atoms with E-state index in [1.807, 2.05) is 22.6 Å². The molecule has 104 nitrogen and oxygen atoms in total. The Hall–Kier alpha value is -20.2. The summed E-state index contributed by atoms with van der Waals surface area (Å²) in [6.45, 7) is 0. The standard InChI is InChI=1S/CH3IN104/c2-1-4-6-8-10-12-14-16-18-20-22-24-26-28-30-32-34-36-38-40-42-44-46-48-50-52-54-56-58-60-62-64-66-68-70-72-74-76-78-80-82-84-86-88-90-92-94-96-98-100-102-104-106-105-103-101-99-97-95-93-91-89-87-85-83-81-79-77-75-73-71-69-67-65-63-61-59-57-55-53-51-49-47-45-43-41-39-37-35-33-31-29-27-25-23-21-19-17-15-13-11-9-7-5-3/h1H,(H2,3,6,7,10,11,14,15,18,19,22,23,26,27,30,31,34,35,38,39,42,43,46,47,50,51,54,55,58,59,62,63,66,67,70,71,74,75,78,79,82,83,86,87,90,91,94,95,98,99,102,103,106). The quantitative estimate of drug-likeness (QED) is 0.0200. The van der Waals surface area contributed by atoms with Gasteiger partial charge in [0.1, 0.15) is 0 Å². The third-order valence-corrected chi connectivity index (χ3v) is 4.40. The molecule has 0 amide bonds. The zero-order valence-corrected chi connectivity index (χ0v) is 49.8. The highest BCUT2D eigenvalue weighted by molar-refractivity contribution is 14.1. The maximum absolute atomic E-state index is 4.64. The zero-order valence-electron chi connectivity index (χ0n) is 47.6. The normalized spacial score (nSPS) is 15.7. The van der Waals surface area contributed by atoms with E-state index in [0.717, 1.165) is 0 Å². The fraction of sp³-hybridized carbons (Fsp3) is 0. The second-order valence-electron chi connectivity index (χ2n) is 9.36. The van der Waals surface area contributed by atoms with Gasteiger partial charge in [0.15, 0.2) is 0 Å². The van der Waals surface area contributed by atoms with E-state index in [0.29, 0.717) is 0 Å². The lowest BCUT2D eigenvalue weighted by molar-refractivity contribution is 0.723. The Bertz CT molecular complexity index is 3700. The predicted molar refractivity (Wildman–Crippen MR) is 274 cm³/mol. The summed E-state index contributed by atoms with van der Waals surface area (Å²) in [6.07, 6.45) is 0. The molecule has 0 spiro atoms. The number of nitrogens with two attached hydrogens (primary N) is 1. The lowest BCUT2D eigenvalue weighted by atomic mass is 11.7. The van der Waals surface area contributed by atoms with E-state index in [2.05, 4.69) is 544 Å². The number of nitrogens with zero attached hydrogens (tertiary/aromatic N) is 103. The topological polar surface area (TPSA) is 1300 Å². The lowest BCUT2D eigenvalue weighted by Crippen LogP contribution is -1.70. The minimum absolute atomic E-state index is 1.33. The molecule has 0 saturated heterocycles. The summed E-state index contributed by atoms with van der Waals surface area (Å²) in [5, 5.41) is 309. The van der Waals surface area contributed by atoms with Crippen LogP contribution in [0.4, 0.5) is 0 Å². The van der Waals surface area contributed by atoms with Gasteiger partial charge in [-0.05, 0) is 101 Å². The largest absolute Gasteiger partial charge is 0.303 e. The average Bonchev–Trinajstić information content (AvgIpc) is 3.85. The highest BCUT2D eigenvalue weighted by Gasteiger charge is 1.80. The number of rotatable bonds is 51. The molecule has 0 saturated carbocycles. The Morgan fingerprint density at radius 3 is 0.208 bits per heavy atom. The highest BCUT2D eigenvalue weighted by atomic mass is 127. The molecule has 105 heteroatoms. The van der Waals surface area contributed by atoms with Crippen molar-refractivity contribution < 1.29 is 0 Å². The average molecular weight is 1600 g/mol. The monoisotopic (exact) mass is 1600 g/mol. The van der Waals surface area contributed by atoms with E-state index in [4.69, 9.17) is 0 Å². The molecule has 0 rings (SSSR count). The summed E-state index contributed by atoms with van der Waals surface area (Å²) in [5.74, 6) is 4.64. The molecule has 0 atom stereocenters. The first-order chi connectivity index (χ1) is 52.9.